The summed E-state index contributed by atoms with van der Waals surface area (Å²) in [6.07, 6.45) is 1.80. The molecule has 0 rings (SSSR count). The molecule has 0 bridgehead atoms. The molecule has 0 spiro atoms. The average molecular weight is 274 g/mol. The van der Waals surface area contributed by atoms with Crippen LogP contribution in [0.4, 0.5) is 4.79 Å². The van der Waals surface area contributed by atoms with E-state index in [2.05, 4.69) is 17.2 Å². The van der Waals surface area contributed by atoms with Crippen molar-refractivity contribution in [3.8, 4) is 0 Å². The Labute approximate surface area is 112 Å². The summed E-state index contributed by atoms with van der Waals surface area (Å²) in [6.45, 7) is 9.40. The van der Waals surface area contributed by atoms with Crippen LogP contribution in [0.15, 0.2) is 12.7 Å². The summed E-state index contributed by atoms with van der Waals surface area (Å²) in [6, 6.07) is -1.35. The highest BCUT2D eigenvalue weighted by Gasteiger charge is 2.32. The van der Waals surface area contributed by atoms with Gasteiger partial charge in [0.05, 0.1) is 0 Å². The van der Waals surface area contributed by atoms with E-state index in [1.54, 1.807) is 38.6 Å². The molecule has 5 nitrogen and oxygen atoms in total. The Morgan fingerprint density at radius 1 is 1.44 bits per heavy atom. The van der Waals surface area contributed by atoms with Gasteiger partial charge in [-0.2, -0.15) is 11.8 Å². The van der Waals surface area contributed by atoms with E-state index in [9.17, 15) is 9.59 Å². The third-order valence-electron chi connectivity index (χ3n) is 2.16. The Balaban J connectivity index is 4.04. The number of nitrogens with one attached hydrogen (secondary N) is 2. The van der Waals surface area contributed by atoms with Crippen molar-refractivity contribution in [2.45, 2.75) is 26.8 Å². The third kappa shape index (κ3) is 7.21. The average Bonchev–Trinajstić information content (AvgIpc) is 2.23. The first-order chi connectivity index (χ1) is 8.29. The van der Waals surface area contributed by atoms with Crippen LogP contribution in [0.2, 0.25) is 0 Å². The zero-order valence-electron chi connectivity index (χ0n) is 11.2. The van der Waals surface area contributed by atoms with Crippen molar-refractivity contribution >= 4 is 23.8 Å². The number of rotatable bonds is 7. The second-order valence-electron chi connectivity index (χ2n) is 4.90. The first kappa shape index (κ1) is 16.8. The highest BCUT2D eigenvalue weighted by atomic mass is 32.2. The van der Waals surface area contributed by atoms with Crippen LogP contribution in [0.1, 0.15) is 20.8 Å². The molecule has 18 heavy (non-hydrogen) atoms. The van der Waals surface area contributed by atoms with Gasteiger partial charge in [0.1, 0.15) is 6.04 Å². The molecule has 6 heteroatoms. The number of hydrogen-bond acceptors (Lipinski definition) is 3. The van der Waals surface area contributed by atoms with Gasteiger partial charge in [-0.05, 0) is 5.41 Å². The zero-order chi connectivity index (χ0) is 14.2. The quantitative estimate of drug-likeness (QED) is 0.488. The number of carboxylic acids is 1. The van der Waals surface area contributed by atoms with E-state index in [-0.39, 0.29) is 0 Å². The first-order valence-corrected chi connectivity index (χ1v) is 6.90. The molecule has 0 aliphatic rings. The predicted octanol–water partition coefficient (Wildman–Crippen LogP) is 1.70. The van der Waals surface area contributed by atoms with E-state index >= 15 is 0 Å². The molecule has 0 aromatic carbocycles. The highest BCUT2D eigenvalue weighted by Crippen LogP contribution is 2.19. The van der Waals surface area contributed by atoms with Gasteiger partial charge < -0.3 is 15.7 Å². The minimum atomic E-state index is -1.03. The van der Waals surface area contributed by atoms with Gasteiger partial charge in [-0.25, -0.2) is 9.59 Å². The predicted molar refractivity (Wildman–Crippen MR) is 74.9 cm³/mol. The van der Waals surface area contributed by atoms with Gasteiger partial charge in [0, 0.05) is 18.1 Å². The Bertz CT molecular complexity index is 300. The summed E-state index contributed by atoms with van der Waals surface area (Å²) < 4.78 is 0. The maximum absolute atomic E-state index is 11.5. The van der Waals surface area contributed by atoms with Gasteiger partial charge in [-0.1, -0.05) is 26.8 Å². The summed E-state index contributed by atoms with van der Waals surface area (Å²) in [5.74, 6) is 0.578. The van der Waals surface area contributed by atoms with Crippen LogP contribution in [0.25, 0.3) is 0 Å². The van der Waals surface area contributed by atoms with E-state index in [4.69, 9.17) is 5.11 Å². The molecular weight excluding hydrogens is 252 g/mol. The van der Waals surface area contributed by atoms with Crippen molar-refractivity contribution in [3.63, 3.8) is 0 Å². The number of hydrogen-bond donors (Lipinski definition) is 3. The lowest BCUT2D eigenvalue weighted by molar-refractivity contribution is -0.141. The maximum Gasteiger partial charge on any atom is 0.326 e. The second-order valence-corrected chi connectivity index (χ2v) is 6.05. The summed E-state index contributed by atoms with van der Waals surface area (Å²) in [4.78, 5) is 22.6. The molecule has 0 aliphatic carbocycles. The molecule has 104 valence electrons. The van der Waals surface area contributed by atoms with Gasteiger partial charge in [-0.3, -0.25) is 0 Å². The van der Waals surface area contributed by atoms with Crippen LogP contribution in [-0.4, -0.2) is 41.2 Å². The van der Waals surface area contributed by atoms with Gasteiger partial charge in [0.15, 0.2) is 0 Å². The van der Waals surface area contributed by atoms with Crippen molar-refractivity contribution in [1.82, 2.24) is 10.6 Å². The van der Waals surface area contributed by atoms with E-state index in [1.165, 1.54) is 0 Å². The lowest BCUT2D eigenvalue weighted by Crippen LogP contribution is -2.52. The normalized spacial score (nSPS) is 12.6. The van der Waals surface area contributed by atoms with Crippen LogP contribution in [0.5, 0.6) is 0 Å². The fourth-order valence-corrected chi connectivity index (χ4v) is 1.81. The number of carbonyl (C=O) groups is 2. The molecule has 0 saturated heterocycles. The van der Waals surface area contributed by atoms with Crippen molar-refractivity contribution in [3.05, 3.63) is 12.7 Å². The summed E-state index contributed by atoms with van der Waals surface area (Å²) in [7, 11) is 0. The number of amides is 2. The molecule has 3 N–H and O–H groups in total. The molecule has 0 saturated carbocycles. The monoisotopic (exact) mass is 274 g/mol. The van der Waals surface area contributed by atoms with Crippen LogP contribution < -0.4 is 10.6 Å². The summed E-state index contributed by atoms with van der Waals surface area (Å²) in [5, 5.41) is 14.1. The number of thioether (sulfide) groups is 1. The highest BCUT2D eigenvalue weighted by molar-refractivity contribution is 7.99. The lowest BCUT2D eigenvalue weighted by atomic mass is 9.87. The molecule has 0 aromatic rings. The minimum Gasteiger partial charge on any atom is -0.480 e. The van der Waals surface area contributed by atoms with Crippen LogP contribution in [0, 0.1) is 5.41 Å². The lowest BCUT2D eigenvalue weighted by Gasteiger charge is -2.27. The minimum absolute atomic E-state index is 0.448. The molecular formula is C12H22N2O3S. The summed E-state index contributed by atoms with van der Waals surface area (Å²) >= 11 is 1.65. The zero-order valence-corrected chi connectivity index (χ0v) is 12.0. The van der Waals surface area contributed by atoms with Crippen LogP contribution >= 0.6 is 11.8 Å². The standard InChI is InChI=1S/C12H22N2O3S/c1-5-7-18-8-6-13-11(17)14-9(10(15)16)12(2,3)4/h5,9H,1,6-8H2,2-4H3,(H,15,16)(H2,13,14,17)/t9-/m0/s1. The number of aliphatic carboxylic acids is 1. The van der Waals surface area contributed by atoms with E-state index < -0.39 is 23.5 Å². The molecule has 0 aliphatic heterocycles. The third-order valence-corrected chi connectivity index (χ3v) is 3.12. The van der Waals surface area contributed by atoms with Gasteiger partial charge in [0.2, 0.25) is 0 Å². The van der Waals surface area contributed by atoms with Crippen molar-refractivity contribution in [2.75, 3.05) is 18.1 Å². The van der Waals surface area contributed by atoms with Crippen LogP contribution in [0.3, 0.4) is 0 Å². The molecule has 2 amide bonds. The number of urea groups is 1. The Kier molecular flexibility index (Phi) is 7.50. The summed E-state index contributed by atoms with van der Waals surface area (Å²) in [5.41, 5.74) is -0.527. The Hall–Kier alpha value is -1.17. The molecule has 0 unspecified atom stereocenters. The maximum atomic E-state index is 11.5. The van der Waals surface area contributed by atoms with Crippen molar-refractivity contribution < 1.29 is 14.7 Å². The Morgan fingerprint density at radius 2 is 2.06 bits per heavy atom. The Morgan fingerprint density at radius 3 is 2.50 bits per heavy atom. The second kappa shape index (κ2) is 8.02. The fraction of sp³-hybridized carbons (Fsp3) is 0.667. The van der Waals surface area contributed by atoms with Gasteiger partial charge in [-0.15, -0.1) is 6.58 Å². The largest absolute Gasteiger partial charge is 0.480 e. The van der Waals surface area contributed by atoms with Crippen molar-refractivity contribution in [1.29, 1.82) is 0 Å². The first-order valence-electron chi connectivity index (χ1n) is 5.75. The van der Waals surface area contributed by atoms with E-state index in [0.717, 1.165) is 11.5 Å². The topological polar surface area (TPSA) is 78.4 Å². The smallest absolute Gasteiger partial charge is 0.326 e. The number of carbonyl (C=O) groups excluding carboxylic acids is 1. The van der Waals surface area contributed by atoms with E-state index in [1.807, 2.05) is 0 Å². The van der Waals surface area contributed by atoms with Gasteiger partial charge >= 0.3 is 12.0 Å². The van der Waals surface area contributed by atoms with Crippen LogP contribution in [-0.2, 0) is 4.79 Å². The van der Waals surface area contributed by atoms with Gasteiger partial charge in [0.25, 0.3) is 0 Å². The molecule has 0 radical (unpaired) electrons. The SMILES string of the molecule is C=CCSCCNC(=O)N[C@@H](C(=O)O)C(C)(C)C. The molecule has 0 aromatic heterocycles. The van der Waals surface area contributed by atoms with Crippen molar-refractivity contribution in [2.24, 2.45) is 5.41 Å². The molecule has 1 atom stereocenters. The number of carboxylic acid groups (broad SMARTS) is 1. The molecule has 0 fully saturated rings. The fourth-order valence-electron chi connectivity index (χ4n) is 1.23. The van der Waals surface area contributed by atoms with E-state index in [0.29, 0.717) is 6.54 Å². The molecule has 0 heterocycles.